The molecule has 4 aliphatic rings. The zero-order chi connectivity index (χ0) is 19.5. The summed E-state index contributed by atoms with van der Waals surface area (Å²) in [6.45, 7) is 13.5. The molecule has 1 aromatic carbocycles. The minimum atomic E-state index is -0.858. The Balaban J connectivity index is 0.000000479. The standard InChI is InChI=1S/C18H20O2.3CO.Cr/c19-16-12-5-1-2-7-15(12)18(20)14-8-3-6-11(14)13-9-4-10-17(13,16)18;3*1-2;/h1-2,5,7,11,13-14,20H,3-4,6,8-10H2;;;;/q;;;;+6. The zero-order valence-electron chi connectivity index (χ0n) is 14.8. The molecule has 0 radical (unpaired) electrons. The van der Waals surface area contributed by atoms with E-state index in [1.54, 1.807) is 0 Å². The Kier molecular flexibility index (Phi) is 8.05. The van der Waals surface area contributed by atoms with E-state index in [4.69, 9.17) is 14.0 Å². The predicted molar refractivity (Wildman–Crippen MR) is 87.1 cm³/mol. The number of hydrogen-bond acceptors (Lipinski definition) is 2. The Labute approximate surface area is 169 Å². The van der Waals surface area contributed by atoms with Crippen LogP contribution in [0.5, 0.6) is 0 Å². The number of carbonyl (C=O) groups excluding carboxylic acids is 1. The van der Waals surface area contributed by atoms with Crippen molar-refractivity contribution in [3.8, 4) is 0 Å². The van der Waals surface area contributed by atoms with E-state index < -0.39 is 11.0 Å². The Hall–Kier alpha value is -1.40. The monoisotopic (exact) mass is 404 g/mol. The van der Waals surface area contributed by atoms with Crippen LogP contribution in [0, 0.1) is 43.1 Å². The maximum atomic E-state index is 13.2. The van der Waals surface area contributed by atoms with Crippen LogP contribution in [-0.2, 0) is 36.9 Å². The van der Waals surface area contributed by atoms with Crippen LogP contribution in [0.1, 0.15) is 54.4 Å². The summed E-state index contributed by atoms with van der Waals surface area (Å²) in [6.07, 6.45) is 6.68. The van der Waals surface area contributed by atoms with Crippen LogP contribution in [0.3, 0.4) is 0 Å². The molecule has 5 nitrogen and oxygen atoms in total. The fraction of sp³-hybridized carbons (Fsp3) is 0.524. The molecule has 0 aromatic heterocycles. The van der Waals surface area contributed by atoms with E-state index >= 15 is 0 Å². The third kappa shape index (κ3) is 2.75. The molecule has 0 heterocycles. The third-order valence-electron chi connectivity index (χ3n) is 7.01. The summed E-state index contributed by atoms with van der Waals surface area (Å²) in [5.41, 5.74) is 0.439. The molecular formula is C21H20CrO5+6. The molecule has 6 heteroatoms. The summed E-state index contributed by atoms with van der Waals surface area (Å²) >= 11 is 0. The van der Waals surface area contributed by atoms with Gasteiger partial charge in [0.1, 0.15) is 5.60 Å². The Bertz CT molecular complexity index is 740. The van der Waals surface area contributed by atoms with E-state index in [2.05, 4.69) is 20.0 Å². The summed E-state index contributed by atoms with van der Waals surface area (Å²) in [7, 11) is 0. The fourth-order valence-corrected chi connectivity index (χ4v) is 6.55. The third-order valence-corrected chi connectivity index (χ3v) is 7.01. The first kappa shape index (κ1) is 23.6. The number of hydrogen-bond donors (Lipinski definition) is 1. The molecule has 3 saturated carbocycles. The fourth-order valence-electron chi connectivity index (χ4n) is 6.55. The summed E-state index contributed by atoms with van der Waals surface area (Å²) < 4.78 is 22.5. The molecule has 5 atom stereocenters. The second-order valence-corrected chi connectivity index (χ2v) is 7.31. The molecule has 1 aromatic rings. The maximum absolute atomic E-state index is 13.2. The molecule has 0 aliphatic heterocycles. The van der Waals surface area contributed by atoms with Gasteiger partial charge in [-0.1, -0.05) is 37.1 Å². The van der Waals surface area contributed by atoms with Crippen molar-refractivity contribution in [1.29, 1.82) is 0 Å². The molecule has 5 rings (SSSR count). The Morgan fingerprint density at radius 1 is 0.926 bits per heavy atom. The minimum Gasteiger partial charge on any atom is 6.00 e. The average molecular weight is 404 g/mol. The smallest absolute Gasteiger partial charge is 6.00 e. The van der Waals surface area contributed by atoms with Gasteiger partial charge in [-0.3, -0.25) is 4.79 Å². The minimum absolute atomic E-state index is 0. The van der Waals surface area contributed by atoms with Gasteiger partial charge in [0.05, 0.1) is 5.41 Å². The quantitative estimate of drug-likeness (QED) is 0.531. The summed E-state index contributed by atoms with van der Waals surface area (Å²) in [5.74, 6) is 1.59. The van der Waals surface area contributed by atoms with Gasteiger partial charge >= 0.3 is 51.3 Å². The maximum Gasteiger partial charge on any atom is 6.00 e. The van der Waals surface area contributed by atoms with Crippen LogP contribution in [0.25, 0.3) is 0 Å². The van der Waals surface area contributed by atoms with E-state index in [1.807, 2.05) is 24.3 Å². The number of rotatable bonds is 0. The Morgan fingerprint density at radius 3 is 2.19 bits per heavy atom. The van der Waals surface area contributed by atoms with Crippen molar-refractivity contribution in [3.05, 3.63) is 55.3 Å². The first-order chi connectivity index (χ1) is 12.7. The molecule has 0 bridgehead atoms. The summed E-state index contributed by atoms with van der Waals surface area (Å²) in [6, 6.07) is 7.86. The average Bonchev–Trinajstić information content (AvgIpc) is 3.44. The molecule has 0 amide bonds. The molecule has 3 fully saturated rings. The molecule has 134 valence electrons. The largest absolute Gasteiger partial charge is 6.00 e. The van der Waals surface area contributed by atoms with Crippen LogP contribution in [0.2, 0.25) is 0 Å². The van der Waals surface area contributed by atoms with Crippen molar-refractivity contribution in [2.24, 2.45) is 23.2 Å². The van der Waals surface area contributed by atoms with Gasteiger partial charge in [0.15, 0.2) is 5.78 Å². The van der Waals surface area contributed by atoms with Gasteiger partial charge in [-0.2, -0.15) is 0 Å². The molecule has 0 saturated heterocycles. The topological polar surface area (TPSA) is 97.0 Å². The first-order valence-electron chi connectivity index (χ1n) is 8.69. The van der Waals surface area contributed by atoms with E-state index in [0.29, 0.717) is 17.8 Å². The van der Waals surface area contributed by atoms with Crippen molar-refractivity contribution in [3.63, 3.8) is 0 Å². The van der Waals surface area contributed by atoms with E-state index in [-0.39, 0.29) is 23.1 Å². The number of aliphatic hydroxyl groups is 1. The van der Waals surface area contributed by atoms with Gasteiger partial charge < -0.3 is 5.11 Å². The van der Waals surface area contributed by atoms with Crippen LogP contribution in [0.4, 0.5) is 0 Å². The van der Waals surface area contributed by atoms with Crippen molar-refractivity contribution in [2.45, 2.75) is 44.1 Å². The van der Waals surface area contributed by atoms with Gasteiger partial charge in [0.2, 0.25) is 0 Å². The van der Waals surface area contributed by atoms with Crippen molar-refractivity contribution >= 4 is 5.78 Å². The second kappa shape index (κ2) is 9.20. The second-order valence-electron chi connectivity index (χ2n) is 7.31. The van der Waals surface area contributed by atoms with Crippen molar-refractivity contribution in [2.75, 3.05) is 0 Å². The van der Waals surface area contributed by atoms with Gasteiger partial charge in [-0.25, -0.2) is 0 Å². The molecule has 27 heavy (non-hydrogen) atoms. The predicted octanol–water partition coefficient (Wildman–Crippen LogP) is 3.17. The first-order valence-corrected chi connectivity index (χ1v) is 8.69. The van der Waals surface area contributed by atoms with E-state index in [9.17, 15) is 9.90 Å². The summed E-state index contributed by atoms with van der Waals surface area (Å²) in [4.78, 5) is 13.2. The molecule has 1 spiro atoms. The number of benzene rings is 1. The van der Waals surface area contributed by atoms with Crippen LogP contribution >= 0.6 is 0 Å². The normalized spacial score (nSPS) is 35.8. The molecule has 5 unspecified atom stereocenters. The van der Waals surface area contributed by atoms with Crippen LogP contribution < -0.4 is 0 Å². The zero-order valence-corrected chi connectivity index (χ0v) is 16.0. The molecular weight excluding hydrogens is 384 g/mol. The number of Topliss-reactive ketones (excluding diaryl/α,β-unsaturated/α-hetero) is 1. The number of fused-ring (bicyclic) bond motifs is 5. The SMILES string of the molecule is O=C1c2ccccc2C2(O)C3CCCC3C3CCCC132.[C-]#[O+].[C-]#[O+].[C-]#[O+].[Cr+6]. The van der Waals surface area contributed by atoms with Crippen molar-refractivity contribution in [1.82, 2.24) is 0 Å². The van der Waals surface area contributed by atoms with Gasteiger partial charge in [-0.15, -0.1) is 0 Å². The van der Waals surface area contributed by atoms with E-state index in [0.717, 1.165) is 36.8 Å². The van der Waals surface area contributed by atoms with Gasteiger partial charge in [-0.05, 0) is 49.0 Å². The van der Waals surface area contributed by atoms with E-state index in [1.165, 1.54) is 12.8 Å². The Morgan fingerprint density at radius 2 is 1.52 bits per heavy atom. The molecule has 4 aliphatic carbocycles. The number of ketones is 1. The molecule has 1 N–H and O–H groups in total. The van der Waals surface area contributed by atoms with Gasteiger partial charge in [0, 0.05) is 5.56 Å². The van der Waals surface area contributed by atoms with Crippen LogP contribution in [-0.4, -0.2) is 10.9 Å². The number of carbonyl (C=O) groups is 1. The van der Waals surface area contributed by atoms with Crippen molar-refractivity contribution < 1.29 is 41.2 Å². The van der Waals surface area contributed by atoms with Gasteiger partial charge in [0.25, 0.3) is 0 Å². The summed E-state index contributed by atoms with van der Waals surface area (Å²) in [5, 5.41) is 11.8. The van der Waals surface area contributed by atoms with Crippen LogP contribution in [0.15, 0.2) is 24.3 Å².